The maximum atomic E-state index is 10.9. The van der Waals surface area contributed by atoms with Gasteiger partial charge in [0, 0.05) is 17.5 Å². The molecule has 1 atom stereocenters. The number of fused-ring (bicyclic) bond motifs is 1. The smallest absolute Gasteiger partial charge is 0.270 e. The van der Waals surface area contributed by atoms with Crippen LogP contribution in [0.5, 0.6) is 0 Å². The zero-order valence-corrected chi connectivity index (χ0v) is 13.7. The maximum Gasteiger partial charge on any atom is 0.270 e. The Morgan fingerprint density at radius 3 is 2.27 bits per heavy atom. The highest BCUT2D eigenvalue weighted by Crippen LogP contribution is 2.31. The molecule has 5 heteroatoms. The van der Waals surface area contributed by atoms with E-state index in [0.29, 0.717) is 22.3 Å². The molecule has 4 aromatic rings. The SMILES string of the molecule is O=[N+]([O-])c1ccc2oc([C@H](O)c3ccc(-c4ccccc4)cc3)cc2c1. The number of non-ortho nitro benzene ring substituents is 1. The molecule has 128 valence electrons. The molecule has 0 aliphatic heterocycles. The lowest BCUT2D eigenvalue weighted by atomic mass is 10.0. The van der Waals surface area contributed by atoms with E-state index in [1.54, 1.807) is 12.1 Å². The predicted molar refractivity (Wildman–Crippen MR) is 98.8 cm³/mol. The van der Waals surface area contributed by atoms with Gasteiger partial charge in [0.05, 0.1) is 4.92 Å². The summed E-state index contributed by atoms with van der Waals surface area (Å²) in [5.41, 5.74) is 3.35. The number of aliphatic hydroxyl groups is 1. The van der Waals surface area contributed by atoms with Gasteiger partial charge in [0.1, 0.15) is 17.4 Å². The predicted octanol–water partition coefficient (Wildman–Crippen LogP) is 5.09. The number of hydrogen-bond donors (Lipinski definition) is 1. The highest BCUT2D eigenvalue weighted by Gasteiger charge is 2.17. The second kappa shape index (κ2) is 6.46. The fourth-order valence-electron chi connectivity index (χ4n) is 2.95. The summed E-state index contributed by atoms with van der Waals surface area (Å²) in [5, 5.41) is 22.1. The van der Waals surface area contributed by atoms with Gasteiger partial charge in [0.25, 0.3) is 5.69 Å². The third-order valence-electron chi connectivity index (χ3n) is 4.33. The quantitative estimate of drug-likeness (QED) is 0.413. The number of furan rings is 1. The van der Waals surface area contributed by atoms with Crippen LogP contribution in [0.25, 0.3) is 22.1 Å². The topological polar surface area (TPSA) is 76.5 Å². The molecule has 0 saturated carbocycles. The van der Waals surface area contributed by atoms with Crippen LogP contribution in [0, 0.1) is 10.1 Å². The van der Waals surface area contributed by atoms with Crippen molar-refractivity contribution >= 4 is 16.7 Å². The lowest BCUT2D eigenvalue weighted by molar-refractivity contribution is -0.384. The molecule has 4 rings (SSSR count). The lowest BCUT2D eigenvalue weighted by Gasteiger charge is -2.09. The molecule has 0 radical (unpaired) electrons. The average Bonchev–Trinajstić information content (AvgIpc) is 3.11. The molecule has 5 nitrogen and oxygen atoms in total. The number of hydrogen-bond acceptors (Lipinski definition) is 4. The Morgan fingerprint density at radius 1 is 0.885 bits per heavy atom. The normalized spacial score (nSPS) is 12.2. The maximum absolute atomic E-state index is 10.9. The van der Waals surface area contributed by atoms with Crippen molar-refractivity contribution in [2.75, 3.05) is 0 Å². The summed E-state index contributed by atoms with van der Waals surface area (Å²) in [6.45, 7) is 0. The average molecular weight is 345 g/mol. The highest BCUT2D eigenvalue weighted by molar-refractivity contribution is 5.80. The fourth-order valence-corrected chi connectivity index (χ4v) is 2.95. The second-order valence-electron chi connectivity index (χ2n) is 6.02. The summed E-state index contributed by atoms with van der Waals surface area (Å²) in [6, 6.07) is 23.6. The van der Waals surface area contributed by atoms with E-state index in [4.69, 9.17) is 4.42 Å². The van der Waals surface area contributed by atoms with E-state index in [1.165, 1.54) is 12.1 Å². The molecular formula is C21H15NO4. The Balaban J connectivity index is 1.64. The Labute approximate surface area is 149 Å². The van der Waals surface area contributed by atoms with Gasteiger partial charge >= 0.3 is 0 Å². The summed E-state index contributed by atoms with van der Waals surface area (Å²) in [6.07, 6.45) is -0.939. The Kier molecular flexibility index (Phi) is 3.99. The molecule has 0 aliphatic carbocycles. The van der Waals surface area contributed by atoms with Crippen molar-refractivity contribution < 1.29 is 14.4 Å². The first-order chi connectivity index (χ1) is 12.6. The molecule has 1 heterocycles. The molecular weight excluding hydrogens is 330 g/mol. The van der Waals surface area contributed by atoms with Gasteiger partial charge in [-0.25, -0.2) is 0 Å². The zero-order chi connectivity index (χ0) is 18.1. The molecule has 0 fully saturated rings. The van der Waals surface area contributed by atoms with Gasteiger partial charge in [0.15, 0.2) is 0 Å². The van der Waals surface area contributed by atoms with Crippen molar-refractivity contribution in [2.24, 2.45) is 0 Å². The Bertz CT molecular complexity index is 1070. The minimum Gasteiger partial charge on any atom is -0.458 e. The third-order valence-corrected chi connectivity index (χ3v) is 4.33. The first-order valence-electron chi connectivity index (χ1n) is 8.13. The van der Waals surface area contributed by atoms with Crippen LogP contribution in [0.15, 0.2) is 83.3 Å². The van der Waals surface area contributed by atoms with Gasteiger partial charge in [-0.3, -0.25) is 10.1 Å². The molecule has 26 heavy (non-hydrogen) atoms. The summed E-state index contributed by atoms with van der Waals surface area (Å²) < 4.78 is 5.66. The van der Waals surface area contributed by atoms with E-state index in [1.807, 2.05) is 54.6 Å². The van der Waals surface area contributed by atoms with Crippen LogP contribution in [0.1, 0.15) is 17.4 Å². The van der Waals surface area contributed by atoms with E-state index in [2.05, 4.69) is 0 Å². The molecule has 0 bridgehead atoms. The second-order valence-corrected chi connectivity index (χ2v) is 6.02. The number of aliphatic hydroxyl groups excluding tert-OH is 1. The molecule has 0 saturated heterocycles. The number of nitro groups is 1. The first-order valence-corrected chi connectivity index (χ1v) is 8.13. The monoisotopic (exact) mass is 345 g/mol. The molecule has 0 spiro atoms. The summed E-state index contributed by atoms with van der Waals surface area (Å²) >= 11 is 0. The third kappa shape index (κ3) is 2.96. The van der Waals surface area contributed by atoms with Gasteiger partial charge < -0.3 is 9.52 Å². The van der Waals surface area contributed by atoms with Gasteiger partial charge in [-0.05, 0) is 28.8 Å². The Hall–Kier alpha value is -3.44. The lowest BCUT2D eigenvalue weighted by Crippen LogP contribution is -1.97. The van der Waals surface area contributed by atoms with Crippen LogP contribution in [0.3, 0.4) is 0 Å². The van der Waals surface area contributed by atoms with Gasteiger partial charge in [0.2, 0.25) is 0 Å². The van der Waals surface area contributed by atoms with Crippen molar-refractivity contribution in [3.63, 3.8) is 0 Å². The van der Waals surface area contributed by atoms with Crippen molar-refractivity contribution in [1.29, 1.82) is 0 Å². The van der Waals surface area contributed by atoms with E-state index in [0.717, 1.165) is 11.1 Å². The molecule has 1 aromatic heterocycles. The van der Waals surface area contributed by atoms with Gasteiger partial charge in [-0.2, -0.15) is 0 Å². The Morgan fingerprint density at radius 2 is 1.58 bits per heavy atom. The standard InChI is InChI=1S/C21H15NO4/c23-21(16-8-6-15(7-9-16)14-4-2-1-3-5-14)20-13-17-12-18(22(24)25)10-11-19(17)26-20/h1-13,21,23H/t21-/m1/s1. The molecule has 3 aromatic carbocycles. The van der Waals surface area contributed by atoms with Crippen molar-refractivity contribution in [3.8, 4) is 11.1 Å². The largest absolute Gasteiger partial charge is 0.458 e. The number of nitro benzene ring substituents is 1. The number of rotatable bonds is 4. The number of benzene rings is 3. The molecule has 0 amide bonds. The zero-order valence-electron chi connectivity index (χ0n) is 13.7. The summed E-state index contributed by atoms with van der Waals surface area (Å²) in [5.74, 6) is 0.355. The van der Waals surface area contributed by atoms with Gasteiger partial charge in [-0.15, -0.1) is 0 Å². The summed E-state index contributed by atoms with van der Waals surface area (Å²) in [4.78, 5) is 10.4. The van der Waals surface area contributed by atoms with Crippen LogP contribution in [-0.4, -0.2) is 10.0 Å². The number of nitrogens with zero attached hydrogens (tertiary/aromatic N) is 1. The molecule has 1 N–H and O–H groups in total. The van der Waals surface area contributed by atoms with E-state index >= 15 is 0 Å². The van der Waals surface area contributed by atoms with E-state index in [-0.39, 0.29) is 5.69 Å². The van der Waals surface area contributed by atoms with E-state index < -0.39 is 11.0 Å². The fraction of sp³-hybridized carbons (Fsp3) is 0.0476. The van der Waals surface area contributed by atoms with E-state index in [9.17, 15) is 15.2 Å². The van der Waals surface area contributed by atoms with Crippen molar-refractivity contribution in [3.05, 3.63) is 100 Å². The molecule has 0 aliphatic rings. The minimum absolute atomic E-state index is 0.00782. The highest BCUT2D eigenvalue weighted by atomic mass is 16.6. The minimum atomic E-state index is -0.939. The van der Waals surface area contributed by atoms with Crippen molar-refractivity contribution in [2.45, 2.75) is 6.10 Å². The molecule has 0 unspecified atom stereocenters. The van der Waals surface area contributed by atoms with Crippen molar-refractivity contribution in [1.82, 2.24) is 0 Å². The van der Waals surface area contributed by atoms with Crippen LogP contribution in [-0.2, 0) is 0 Å². The first kappa shape index (κ1) is 16.1. The summed E-state index contributed by atoms with van der Waals surface area (Å²) in [7, 11) is 0. The van der Waals surface area contributed by atoms with Gasteiger partial charge in [-0.1, -0.05) is 54.6 Å². The van der Waals surface area contributed by atoms with Crippen LogP contribution >= 0.6 is 0 Å². The van der Waals surface area contributed by atoms with Crippen LogP contribution < -0.4 is 0 Å². The van der Waals surface area contributed by atoms with Crippen LogP contribution in [0.2, 0.25) is 0 Å². The van der Waals surface area contributed by atoms with Crippen LogP contribution in [0.4, 0.5) is 5.69 Å².